The van der Waals surface area contributed by atoms with Gasteiger partial charge in [0.15, 0.2) is 0 Å². The third-order valence-corrected chi connectivity index (χ3v) is 2.49. The first-order valence-corrected chi connectivity index (χ1v) is 5.10. The summed E-state index contributed by atoms with van der Waals surface area (Å²) in [6.07, 6.45) is 0. The van der Waals surface area contributed by atoms with Gasteiger partial charge in [0.25, 0.3) is 5.69 Å². The van der Waals surface area contributed by atoms with Crippen molar-refractivity contribution in [3.63, 3.8) is 0 Å². The molecule has 0 spiro atoms. The molecule has 0 bridgehead atoms. The van der Waals surface area contributed by atoms with Gasteiger partial charge in [0.1, 0.15) is 0 Å². The largest absolute Gasteiger partial charge is 0.304 e. The molecule has 0 amide bonds. The Labute approximate surface area is 95.5 Å². The fourth-order valence-electron chi connectivity index (χ4n) is 1.23. The zero-order valence-corrected chi connectivity index (χ0v) is 9.73. The lowest BCUT2D eigenvalue weighted by Gasteiger charge is -2.10. The van der Waals surface area contributed by atoms with E-state index in [1.54, 1.807) is 0 Å². The molecule has 0 heterocycles. The number of nitro groups is 1. The number of rotatable bonds is 4. The Hall–Kier alpha value is -0.980. The minimum Gasteiger partial charge on any atom is -0.304 e. The average Bonchev–Trinajstić information content (AvgIpc) is 2.17. The summed E-state index contributed by atoms with van der Waals surface area (Å²) in [4.78, 5) is 14.7. The van der Waals surface area contributed by atoms with Gasteiger partial charge in [-0.3, -0.25) is 10.1 Å². The molecule has 0 aliphatic rings. The van der Waals surface area contributed by atoms with Crippen LogP contribution in [0.15, 0.2) is 22.7 Å². The van der Waals surface area contributed by atoms with E-state index in [0.29, 0.717) is 11.1 Å². The van der Waals surface area contributed by atoms with Gasteiger partial charge in [-0.05, 0) is 11.6 Å². The van der Waals surface area contributed by atoms with Gasteiger partial charge in [0, 0.05) is 22.5 Å². The smallest absolute Gasteiger partial charge is 0.270 e. The van der Waals surface area contributed by atoms with Gasteiger partial charge in [0.2, 0.25) is 0 Å². The molecule has 0 saturated heterocycles. The molecule has 15 heavy (non-hydrogen) atoms. The summed E-state index contributed by atoms with van der Waals surface area (Å²) in [6.45, 7) is 2.21. The van der Waals surface area contributed by atoms with Gasteiger partial charge in [-0.25, -0.2) is 5.90 Å². The topological polar surface area (TPSA) is 78.4 Å². The van der Waals surface area contributed by atoms with Crippen LogP contribution in [0.1, 0.15) is 18.4 Å². The van der Waals surface area contributed by atoms with E-state index in [0.717, 1.165) is 5.56 Å². The summed E-state index contributed by atoms with van der Waals surface area (Å²) in [5.74, 6) is 4.98. The summed E-state index contributed by atoms with van der Waals surface area (Å²) in [5.41, 5.74) is 0.879. The zero-order chi connectivity index (χ0) is 11.4. The predicted molar refractivity (Wildman–Crippen MR) is 59.4 cm³/mol. The minimum absolute atomic E-state index is 0.0196. The van der Waals surface area contributed by atoms with Gasteiger partial charge in [-0.2, -0.15) is 0 Å². The second-order valence-electron chi connectivity index (χ2n) is 3.23. The highest BCUT2D eigenvalue weighted by atomic mass is 79.9. The number of nitro benzene ring substituents is 1. The van der Waals surface area contributed by atoms with Gasteiger partial charge >= 0.3 is 0 Å². The van der Waals surface area contributed by atoms with Gasteiger partial charge < -0.3 is 4.84 Å². The first kappa shape index (κ1) is 12.1. The van der Waals surface area contributed by atoms with Crippen molar-refractivity contribution in [3.05, 3.63) is 38.3 Å². The van der Waals surface area contributed by atoms with E-state index >= 15 is 0 Å². The van der Waals surface area contributed by atoms with Crippen LogP contribution in [0.2, 0.25) is 0 Å². The Bertz CT molecular complexity index is 370. The maximum Gasteiger partial charge on any atom is 0.270 e. The second kappa shape index (κ2) is 5.20. The lowest BCUT2D eigenvalue weighted by molar-refractivity contribution is -0.385. The zero-order valence-electron chi connectivity index (χ0n) is 8.14. The number of hydrogen-bond acceptors (Lipinski definition) is 4. The van der Waals surface area contributed by atoms with E-state index in [1.807, 2.05) is 13.0 Å². The van der Waals surface area contributed by atoms with E-state index < -0.39 is 4.92 Å². The molecule has 1 aromatic rings. The molecule has 0 radical (unpaired) electrons. The minimum atomic E-state index is -0.426. The Morgan fingerprint density at radius 1 is 1.60 bits per heavy atom. The highest BCUT2D eigenvalue weighted by Gasteiger charge is 2.13. The maximum absolute atomic E-state index is 10.6. The molecule has 1 unspecified atom stereocenters. The molecular weight excluding hydrogens is 264 g/mol. The number of hydrogen-bond donors (Lipinski definition) is 1. The van der Waals surface area contributed by atoms with Gasteiger partial charge in [-0.15, -0.1) is 0 Å². The summed E-state index contributed by atoms with van der Waals surface area (Å²) >= 11 is 3.22. The molecule has 6 heteroatoms. The van der Waals surface area contributed by atoms with Crippen LogP contribution in [0.5, 0.6) is 0 Å². The lowest BCUT2D eigenvalue weighted by atomic mass is 10.0. The van der Waals surface area contributed by atoms with E-state index in [-0.39, 0.29) is 11.6 Å². The van der Waals surface area contributed by atoms with E-state index in [4.69, 9.17) is 5.90 Å². The monoisotopic (exact) mass is 274 g/mol. The van der Waals surface area contributed by atoms with Crippen LogP contribution in [-0.4, -0.2) is 11.5 Å². The maximum atomic E-state index is 10.6. The molecule has 0 aliphatic carbocycles. The van der Waals surface area contributed by atoms with Gasteiger partial charge in [-0.1, -0.05) is 22.9 Å². The van der Waals surface area contributed by atoms with Crippen LogP contribution in [0.25, 0.3) is 0 Å². The Balaban J connectivity index is 3.03. The van der Waals surface area contributed by atoms with Crippen molar-refractivity contribution < 1.29 is 9.76 Å². The van der Waals surface area contributed by atoms with E-state index in [2.05, 4.69) is 20.8 Å². The standard InChI is InChI=1S/C9H11BrN2O3/c1-6(5-15-11)7-2-8(10)4-9(3-7)12(13)14/h2-4,6H,5,11H2,1H3. The molecule has 5 nitrogen and oxygen atoms in total. The molecule has 2 N–H and O–H groups in total. The Morgan fingerprint density at radius 2 is 2.27 bits per heavy atom. The van der Waals surface area contributed by atoms with Crippen molar-refractivity contribution in [3.8, 4) is 0 Å². The molecule has 0 aliphatic heterocycles. The summed E-state index contributed by atoms with van der Waals surface area (Å²) in [5, 5.41) is 10.6. The average molecular weight is 275 g/mol. The van der Waals surface area contributed by atoms with Crippen LogP contribution in [0, 0.1) is 10.1 Å². The third-order valence-electron chi connectivity index (χ3n) is 2.03. The number of nitrogens with zero attached hydrogens (tertiary/aromatic N) is 1. The van der Waals surface area contributed by atoms with Crippen LogP contribution < -0.4 is 5.90 Å². The number of nitrogens with two attached hydrogens (primary N) is 1. The van der Waals surface area contributed by atoms with E-state index in [1.165, 1.54) is 12.1 Å². The molecule has 1 rings (SSSR count). The summed E-state index contributed by atoms with van der Waals surface area (Å²) in [7, 11) is 0. The van der Waals surface area contributed by atoms with E-state index in [9.17, 15) is 10.1 Å². The van der Waals surface area contributed by atoms with Crippen molar-refractivity contribution in [1.29, 1.82) is 0 Å². The molecule has 1 atom stereocenters. The lowest BCUT2D eigenvalue weighted by Crippen LogP contribution is -2.08. The van der Waals surface area contributed by atoms with Gasteiger partial charge in [0.05, 0.1) is 11.5 Å². The SMILES string of the molecule is CC(CON)c1cc(Br)cc([N+](=O)[O-])c1. The fourth-order valence-corrected chi connectivity index (χ4v) is 1.73. The quantitative estimate of drug-likeness (QED) is 0.675. The fraction of sp³-hybridized carbons (Fsp3) is 0.333. The molecule has 0 aromatic heterocycles. The van der Waals surface area contributed by atoms with Crippen LogP contribution in [-0.2, 0) is 4.84 Å². The first-order valence-electron chi connectivity index (χ1n) is 4.31. The third kappa shape index (κ3) is 3.26. The number of non-ortho nitro benzene ring substituents is 1. The van der Waals surface area contributed by atoms with Crippen LogP contribution >= 0.6 is 15.9 Å². The molecule has 0 fully saturated rings. The van der Waals surface area contributed by atoms with Crippen LogP contribution in [0.3, 0.4) is 0 Å². The second-order valence-corrected chi connectivity index (χ2v) is 4.15. The number of benzene rings is 1. The summed E-state index contributed by atoms with van der Waals surface area (Å²) in [6, 6.07) is 4.80. The van der Waals surface area contributed by atoms with Crippen molar-refractivity contribution in [2.75, 3.05) is 6.61 Å². The molecule has 1 aromatic carbocycles. The summed E-state index contributed by atoms with van der Waals surface area (Å²) < 4.78 is 0.676. The first-order chi connectivity index (χ1) is 7.04. The predicted octanol–water partition coefficient (Wildman–Crippen LogP) is 2.35. The highest BCUT2D eigenvalue weighted by molar-refractivity contribution is 9.10. The number of halogens is 1. The van der Waals surface area contributed by atoms with Crippen molar-refractivity contribution >= 4 is 21.6 Å². The van der Waals surface area contributed by atoms with Crippen molar-refractivity contribution in [1.82, 2.24) is 0 Å². The normalized spacial score (nSPS) is 12.5. The highest BCUT2D eigenvalue weighted by Crippen LogP contribution is 2.26. The van der Waals surface area contributed by atoms with Crippen LogP contribution in [0.4, 0.5) is 5.69 Å². The van der Waals surface area contributed by atoms with Crippen molar-refractivity contribution in [2.45, 2.75) is 12.8 Å². The van der Waals surface area contributed by atoms with Crippen molar-refractivity contribution in [2.24, 2.45) is 5.90 Å². The Morgan fingerprint density at radius 3 is 2.80 bits per heavy atom. The molecule has 0 saturated carbocycles. The molecular formula is C9H11BrN2O3. The Kier molecular flexibility index (Phi) is 4.19. The molecule has 82 valence electrons.